The van der Waals surface area contributed by atoms with Gasteiger partial charge in [-0.2, -0.15) is 0 Å². The Morgan fingerprint density at radius 3 is 2.86 bits per heavy atom. The lowest BCUT2D eigenvalue weighted by molar-refractivity contribution is 0.546. The Kier molecular flexibility index (Phi) is 2.50. The molecule has 0 radical (unpaired) electrons. The van der Waals surface area contributed by atoms with Crippen LogP contribution in [0.3, 0.4) is 0 Å². The third kappa shape index (κ3) is 1.77. The van der Waals surface area contributed by atoms with Crippen molar-refractivity contribution in [2.24, 2.45) is 0 Å². The number of rotatable bonds is 2. The molecule has 0 atom stereocenters. The Morgan fingerprint density at radius 2 is 2.21 bits per heavy atom. The second-order valence-corrected chi connectivity index (χ2v) is 3.17. The van der Waals surface area contributed by atoms with E-state index in [0.717, 1.165) is 17.2 Å². The molecule has 4 heteroatoms. The zero-order valence-electron chi connectivity index (χ0n) is 7.70. The Bertz CT molecular complexity index is 439. The van der Waals surface area contributed by atoms with E-state index in [1.54, 1.807) is 12.3 Å². The summed E-state index contributed by atoms with van der Waals surface area (Å²) in [5.41, 5.74) is 0.767. The zero-order chi connectivity index (χ0) is 9.97. The SMILES string of the molecule is Cc1ccc(-c2ccnc(CCl)n2)o1. The summed E-state index contributed by atoms with van der Waals surface area (Å²) in [6.07, 6.45) is 1.68. The van der Waals surface area contributed by atoms with Gasteiger partial charge in [-0.3, -0.25) is 0 Å². The number of aromatic nitrogens is 2. The fourth-order valence-corrected chi connectivity index (χ4v) is 1.30. The molecule has 2 rings (SSSR count). The van der Waals surface area contributed by atoms with Gasteiger partial charge in [0.1, 0.15) is 17.3 Å². The minimum atomic E-state index is 0.313. The molecule has 0 saturated heterocycles. The average Bonchev–Trinajstić information content (AvgIpc) is 2.65. The van der Waals surface area contributed by atoms with Gasteiger partial charge >= 0.3 is 0 Å². The van der Waals surface area contributed by atoms with Crippen LogP contribution < -0.4 is 0 Å². The van der Waals surface area contributed by atoms with Gasteiger partial charge in [0, 0.05) is 6.20 Å². The summed E-state index contributed by atoms with van der Waals surface area (Å²) in [7, 11) is 0. The number of halogens is 1. The molecule has 2 aromatic heterocycles. The van der Waals surface area contributed by atoms with E-state index in [0.29, 0.717) is 11.7 Å². The minimum Gasteiger partial charge on any atom is -0.460 e. The van der Waals surface area contributed by atoms with E-state index in [1.165, 1.54) is 0 Å². The lowest BCUT2D eigenvalue weighted by Crippen LogP contribution is -1.91. The maximum Gasteiger partial charge on any atom is 0.152 e. The quantitative estimate of drug-likeness (QED) is 0.713. The van der Waals surface area contributed by atoms with Crippen LogP contribution in [0.1, 0.15) is 11.6 Å². The molecule has 0 amide bonds. The lowest BCUT2D eigenvalue weighted by atomic mass is 10.3. The molecule has 0 saturated carbocycles. The predicted octanol–water partition coefficient (Wildman–Crippen LogP) is 2.78. The molecule has 0 aliphatic carbocycles. The van der Waals surface area contributed by atoms with E-state index >= 15 is 0 Å². The fraction of sp³-hybridized carbons (Fsp3) is 0.200. The summed E-state index contributed by atoms with van der Waals surface area (Å²) < 4.78 is 5.44. The van der Waals surface area contributed by atoms with E-state index in [4.69, 9.17) is 16.0 Å². The third-order valence-electron chi connectivity index (χ3n) is 1.82. The Hall–Kier alpha value is -1.35. The van der Waals surface area contributed by atoms with Crippen LogP contribution >= 0.6 is 11.6 Å². The molecule has 0 spiro atoms. The molecule has 0 aliphatic rings. The van der Waals surface area contributed by atoms with Crippen LogP contribution in [0.25, 0.3) is 11.5 Å². The second-order valence-electron chi connectivity index (χ2n) is 2.90. The van der Waals surface area contributed by atoms with Gasteiger partial charge in [-0.1, -0.05) is 0 Å². The number of aryl methyl sites for hydroxylation is 1. The van der Waals surface area contributed by atoms with E-state index in [2.05, 4.69) is 9.97 Å². The normalized spacial score (nSPS) is 10.4. The van der Waals surface area contributed by atoms with Crippen LogP contribution in [0.15, 0.2) is 28.8 Å². The molecule has 14 heavy (non-hydrogen) atoms. The van der Waals surface area contributed by atoms with Gasteiger partial charge in [-0.15, -0.1) is 11.6 Å². The Balaban J connectivity index is 2.41. The number of hydrogen-bond donors (Lipinski definition) is 0. The van der Waals surface area contributed by atoms with Gasteiger partial charge < -0.3 is 4.42 Å². The first-order valence-corrected chi connectivity index (χ1v) is 4.78. The number of alkyl halides is 1. The molecular formula is C10H9ClN2O. The van der Waals surface area contributed by atoms with Gasteiger partial charge in [0.05, 0.1) is 5.88 Å². The van der Waals surface area contributed by atoms with E-state index < -0.39 is 0 Å². The van der Waals surface area contributed by atoms with Crippen molar-refractivity contribution in [1.29, 1.82) is 0 Å². The summed E-state index contributed by atoms with van der Waals surface area (Å²) in [5, 5.41) is 0. The van der Waals surface area contributed by atoms with Gasteiger partial charge in [0.2, 0.25) is 0 Å². The van der Waals surface area contributed by atoms with Crippen molar-refractivity contribution < 1.29 is 4.42 Å². The molecule has 0 fully saturated rings. The van der Waals surface area contributed by atoms with Gasteiger partial charge in [0.25, 0.3) is 0 Å². The van der Waals surface area contributed by atoms with Crippen molar-refractivity contribution in [3.63, 3.8) is 0 Å². The largest absolute Gasteiger partial charge is 0.460 e. The van der Waals surface area contributed by atoms with E-state index in [-0.39, 0.29) is 0 Å². The van der Waals surface area contributed by atoms with E-state index in [9.17, 15) is 0 Å². The molecule has 0 N–H and O–H groups in total. The minimum absolute atomic E-state index is 0.313. The third-order valence-corrected chi connectivity index (χ3v) is 2.06. The zero-order valence-corrected chi connectivity index (χ0v) is 8.45. The maximum atomic E-state index is 5.64. The van der Waals surface area contributed by atoms with Crippen molar-refractivity contribution in [3.05, 3.63) is 36.0 Å². The lowest BCUT2D eigenvalue weighted by Gasteiger charge is -1.97. The number of hydrogen-bond acceptors (Lipinski definition) is 3. The molecule has 0 aliphatic heterocycles. The second kappa shape index (κ2) is 3.80. The van der Waals surface area contributed by atoms with Crippen LogP contribution in [0.2, 0.25) is 0 Å². The molecule has 72 valence electrons. The molecular weight excluding hydrogens is 200 g/mol. The van der Waals surface area contributed by atoms with Gasteiger partial charge in [-0.25, -0.2) is 9.97 Å². The highest BCUT2D eigenvalue weighted by Gasteiger charge is 2.04. The highest BCUT2D eigenvalue weighted by molar-refractivity contribution is 6.16. The van der Waals surface area contributed by atoms with Gasteiger partial charge in [0.15, 0.2) is 5.76 Å². The van der Waals surface area contributed by atoms with Crippen LogP contribution in [0.5, 0.6) is 0 Å². The Labute approximate surface area is 86.8 Å². The van der Waals surface area contributed by atoms with Crippen LogP contribution in [0.4, 0.5) is 0 Å². The summed E-state index contributed by atoms with van der Waals surface area (Å²) >= 11 is 5.64. The van der Waals surface area contributed by atoms with Crippen molar-refractivity contribution in [2.45, 2.75) is 12.8 Å². The standard InChI is InChI=1S/C10H9ClN2O/c1-7-2-3-9(14-7)8-4-5-12-10(6-11)13-8/h2-5H,6H2,1H3. The average molecular weight is 209 g/mol. The molecule has 0 aromatic carbocycles. The highest BCUT2D eigenvalue weighted by Crippen LogP contribution is 2.19. The van der Waals surface area contributed by atoms with Crippen LogP contribution in [-0.2, 0) is 5.88 Å². The summed E-state index contributed by atoms with van der Waals surface area (Å²) in [6, 6.07) is 5.59. The molecule has 0 unspecified atom stereocenters. The predicted molar refractivity (Wildman–Crippen MR) is 54.0 cm³/mol. The molecule has 0 bridgehead atoms. The van der Waals surface area contributed by atoms with Gasteiger partial charge in [-0.05, 0) is 25.1 Å². The first-order valence-electron chi connectivity index (χ1n) is 4.24. The fourth-order valence-electron chi connectivity index (χ4n) is 1.17. The highest BCUT2D eigenvalue weighted by atomic mass is 35.5. The van der Waals surface area contributed by atoms with Crippen LogP contribution in [-0.4, -0.2) is 9.97 Å². The van der Waals surface area contributed by atoms with Crippen molar-refractivity contribution in [1.82, 2.24) is 9.97 Å². The number of nitrogens with zero attached hydrogens (tertiary/aromatic N) is 2. The molecule has 2 heterocycles. The Morgan fingerprint density at radius 1 is 1.36 bits per heavy atom. The van der Waals surface area contributed by atoms with Crippen LogP contribution in [0, 0.1) is 6.92 Å². The van der Waals surface area contributed by atoms with Crippen molar-refractivity contribution in [3.8, 4) is 11.5 Å². The van der Waals surface area contributed by atoms with Crippen molar-refractivity contribution >= 4 is 11.6 Å². The van der Waals surface area contributed by atoms with Crippen molar-refractivity contribution in [2.75, 3.05) is 0 Å². The topological polar surface area (TPSA) is 38.9 Å². The first-order chi connectivity index (χ1) is 6.79. The summed E-state index contributed by atoms with van der Waals surface area (Å²) in [6.45, 7) is 1.90. The monoisotopic (exact) mass is 208 g/mol. The van der Waals surface area contributed by atoms with E-state index in [1.807, 2.05) is 19.1 Å². The molecule has 2 aromatic rings. The summed E-state index contributed by atoms with van der Waals surface area (Å²) in [4.78, 5) is 8.24. The number of furan rings is 1. The molecule has 3 nitrogen and oxygen atoms in total. The maximum absolute atomic E-state index is 5.64. The smallest absolute Gasteiger partial charge is 0.152 e. The first kappa shape index (κ1) is 9.21. The summed E-state index contributed by atoms with van der Waals surface area (Å²) in [5.74, 6) is 2.54.